The highest BCUT2D eigenvalue weighted by atomic mass is 32.1. The summed E-state index contributed by atoms with van der Waals surface area (Å²) in [5, 5.41) is 3.77. The Balaban J connectivity index is 1.57. The molecule has 0 N–H and O–H groups in total. The number of nitrogens with zero attached hydrogens (tertiary/aromatic N) is 2. The molecule has 0 saturated carbocycles. The van der Waals surface area contributed by atoms with Gasteiger partial charge in [0, 0.05) is 23.9 Å². The number of hydrogen-bond donors (Lipinski definition) is 0. The minimum absolute atomic E-state index is 0.0225. The van der Waals surface area contributed by atoms with Crippen molar-refractivity contribution in [2.24, 2.45) is 5.92 Å². The third-order valence-corrected chi connectivity index (χ3v) is 7.09. The lowest BCUT2D eigenvalue weighted by molar-refractivity contribution is -0.00357. The Morgan fingerprint density at radius 1 is 1.12 bits per heavy atom. The quantitative estimate of drug-likeness (QED) is 0.800. The zero-order chi connectivity index (χ0) is 17.8. The first kappa shape index (κ1) is 16.4. The zero-order valence-electron chi connectivity index (χ0n) is 14.3. The molecule has 1 amide bonds. The van der Waals surface area contributed by atoms with Crippen molar-refractivity contribution in [3.63, 3.8) is 0 Å². The number of amides is 1. The van der Waals surface area contributed by atoms with Crippen molar-refractivity contribution in [1.82, 2.24) is 9.80 Å². The summed E-state index contributed by atoms with van der Waals surface area (Å²) in [6.45, 7) is 2.43. The molecule has 4 fully saturated rings. The van der Waals surface area contributed by atoms with E-state index in [0.29, 0.717) is 23.6 Å². The van der Waals surface area contributed by atoms with Crippen molar-refractivity contribution in [1.29, 1.82) is 0 Å². The molecule has 6 heteroatoms. The normalized spacial score (nSPS) is 32.7. The highest BCUT2D eigenvalue weighted by molar-refractivity contribution is 7.08. The fourth-order valence-corrected chi connectivity index (χ4v) is 5.92. The van der Waals surface area contributed by atoms with E-state index in [1.165, 1.54) is 11.3 Å². The van der Waals surface area contributed by atoms with Gasteiger partial charge in [0.25, 0.3) is 5.91 Å². The van der Waals surface area contributed by atoms with E-state index >= 15 is 0 Å². The first-order chi connectivity index (χ1) is 12.6. The smallest absolute Gasteiger partial charge is 0.255 e. The molecule has 1 aromatic carbocycles. The van der Waals surface area contributed by atoms with Gasteiger partial charge in [0.15, 0.2) is 11.6 Å². The largest absolute Gasteiger partial charge is 0.333 e. The lowest BCUT2D eigenvalue weighted by Crippen LogP contribution is -2.60. The average Bonchev–Trinajstić information content (AvgIpc) is 3.33. The minimum Gasteiger partial charge on any atom is -0.333 e. The van der Waals surface area contributed by atoms with Crippen LogP contribution in [-0.2, 0) is 0 Å². The first-order valence-corrected chi connectivity index (χ1v) is 10.1. The molecule has 2 aromatic rings. The van der Waals surface area contributed by atoms with E-state index in [0.717, 1.165) is 32.0 Å². The van der Waals surface area contributed by atoms with Crippen LogP contribution in [0.3, 0.4) is 0 Å². The van der Waals surface area contributed by atoms with Crippen molar-refractivity contribution in [3.8, 4) is 0 Å². The summed E-state index contributed by atoms with van der Waals surface area (Å²) in [7, 11) is 0. The Hall–Kier alpha value is -1.79. The van der Waals surface area contributed by atoms with Gasteiger partial charge in [0.2, 0.25) is 0 Å². The van der Waals surface area contributed by atoms with Crippen LogP contribution in [0.25, 0.3) is 0 Å². The highest BCUT2D eigenvalue weighted by Gasteiger charge is 2.55. The molecule has 3 nitrogen and oxygen atoms in total. The number of fused-ring (bicyclic) bond motifs is 2. The Labute approximate surface area is 155 Å². The maximum absolute atomic E-state index is 14.6. The number of likely N-dealkylation sites (tertiary alicyclic amines) is 1. The summed E-state index contributed by atoms with van der Waals surface area (Å²) < 4.78 is 28.4. The number of hydrogen-bond acceptors (Lipinski definition) is 3. The van der Waals surface area contributed by atoms with Crippen LogP contribution in [0.4, 0.5) is 8.78 Å². The number of rotatable bonds is 2. The molecule has 5 heterocycles. The average molecular weight is 374 g/mol. The molecule has 2 bridgehead atoms. The van der Waals surface area contributed by atoms with E-state index in [4.69, 9.17) is 0 Å². The van der Waals surface area contributed by atoms with Crippen LogP contribution in [0.1, 0.15) is 34.7 Å². The van der Waals surface area contributed by atoms with E-state index in [9.17, 15) is 13.6 Å². The monoisotopic (exact) mass is 374 g/mol. The van der Waals surface area contributed by atoms with Gasteiger partial charge in [-0.3, -0.25) is 9.69 Å². The number of benzene rings is 1. The van der Waals surface area contributed by atoms with Crippen LogP contribution < -0.4 is 0 Å². The highest BCUT2D eigenvalue weighted by Crippen LogP contribution is 2.47. The second-order valence-electron chi connectivity index (χ2n) is 7.57. The molecule has 4 aliphatic rings. The second-order valence-corrected chi connectivity index (χ2v) is 8.35. The molecule has 6 rings (SSSR count). The van der Waals surface area contributed by atoms with E-state index in [-0.39, 0.29) is 23.9 Å². The summed E-state index contributed by atoms with van der Waals surface area (Å²) in [4.78, 5) is 17.4. The van der Waals surface area contributed by atoms with Gasteiger partial charge in [-0.2, -0.15) is 11.3 Å². The fourth-order valence-electron chi connectivity index (χ4n) is 5.29. The molecule has 26 heavy (non-hydrogen) atoms. The van der Waals surface area contributed by atoms with Crippen LogP contribution in [0.5, 0.6) is 0 Å². The molecule has 0 radical (unpaired) electrons. The van der Waals surface area contributed by atoms with Crippen molar-refractivity contribution in [3.05, 3.63) is 57.8 Å². The zero-order valence-corrected chi connectivity index (χ0v) is 15.1. The molecule has 0 unspecified atom stereocenters. The van der Waals surface area contributed by atoms with Crippen molar-refractivity contribution in [2.45, 2.75) is 30.8 Å². The summed E-state index contributed by atoms with van der Waals surface area (Å²) in [5.74, 6) is -1.27. The van der Waals surface area contributed by atoms with E-state index in [1.807, 2.05) is 21.7 Å². The van der Waals surface area contributed by atoms with Crippen LogP contribution in [0.15, 0.2) is 35.0 Å². The minimum atomic E-state index is -0.808. The molecule has 3 atom stereocenters. The molecule has 0 spiro atoms. The van der Waals surface area contributed by atoms with Gasteiger partial charge in [0.05, 0.1) is 11.6 Å². The molecule has 0 aliphatic carbocycles. The predicted molar refractivity (Wildman–Crippen MR) is 96.3 cm³/mol. The van der Waals surface area contributed by atoms with Gasteiger partial charge < -0.3 is 4.90 Å². The third-order valence-electron chi connectivity index (χ3n) is 6.40. The first-order valence-electron chi connectivity index (χ1n) is 9.16. The lowest BCUT2D eigenvalue weighted by Gasteiger charge is -2.51. The van der Waals surface area contributed by atoms with Crippen molar-refractivity contribution < 1.29 is 13.6 Å². The maximum atomic E-state index is 14.6. The summed E-state index contributed by atoms with van der Waals surface area (Å²) in [6, 6.07) is 6.44. The maximum Gasteiger partial charge on any atom is 0.255 e. The molecule has 136 valence electrons. The Morgan fingerprint density at radius 3 is 2.65 bits per heavy atom. The van der Waals surface area contributed by atoms with Crippen LogP contribution in [0.2, 0.25) is 0 Å². The second kappa shape index (κ2) is 6.13. The lowest BCUT2D eigenvalue weighted by atomic mass is 9.75. The Morgan fingerprint density at radius 2 is 1.92 bits per heavy atom. The van der Waals surface area contributed by atoms with Gasteiger partial charge >= 0.3 is 0 Å². The topological polar surface area (TPSA) is 23.6 Å². The van der Waals surface area contributed by atoms with Crippen LogP contribution >= 0.6 is 11.3 Å². The van der Waals surface area contributed by atoms with E-state index in [2.05, 4.69) is 4.90 Å². The number of carbonyl (C=O) groups is 1. The standard InChI is InChI=1S/C20H20F2N2OS/c21-16-3-1-2-14(17(16)22)15-10-24(20(25)13-6-9-26-11-13)18-12-4-7-23(8-5-12)19(15)18/h1-3,6,9,11-12,15,18-19H,4-5,7-8,10H2/t15-,18+,19+/m0/s1. The number of carbonyl (C=O) groups excluding carboxylic acids is 1. The fraction of sp³-hybridized carbons (Fsp3) is 0.450. The predicted octanol–water partition coefficient (Wildman–Crippen LogP) is 3.73. The molecule has 4 saturated heterocycles. The van der Waals surface area contributed by atoms with Crippen LogP contribution in [-0.4, -0.2) is 47.4 Å². The van der Waals surface area contributed by atoms with Gasteiger partial charge in [-0.25, -0.2) is 8.78 Å². The molecule has 1 aromatic heterocycles. The number of halogens is 2. The van der Waals surface area contributed by atoms with Gasteiger partial charge in [-0.1, -0.05) is 12.1 Å². The van der Waals surface area contributed by atoms with Gasteiger partial charge in [0.1, 0.15) is 0 Å². The van der Waals surface area contributed by atoms with E-state index < -0.39 is 11.6 Å². The van der Waals surface area contributed by atoms with Crippen LogP contribution in [0, 0.1) is 17.6 Å². The Bertz CT molecular complexity index is 832. The van der Waals surface area contributed by atoms with E-state index in [1.54, 1.807) is 12.1 Å². The SMILES string of the molecule is O=C(c1ccsc1)N1C[C@@H](c2cccc(F)c2F)[C@@H]2[C@H]1C1CCN2CC1. The number of piperidine rings is 3. The van der Waals surface area contributed by atoms with Gasteiger partial charge in [-0.15, -0.1) is 0 Å². The number of thiophene rings is 1. The summed E-state index contributed by atoms with van der Waals surface area (Å²) >= 11 is 1.51. The molecule has 4 aliphatic heterocycles. The summed E-state index contributed by atoms with van der Waals surface area (Å²) in [5.41, 5.74) is 1.11. The molecular formula is C20H20F2N2OS. The van der Waals surface area contributed by atoms with Crippen molar-refractivity contribution >= 4 is 17.2 Å². The van der Waals surface area contributed by atoms with Gasteiger partial charge in [-0.05, 0) is 54.9 Å². The Kier molecular flexibility index (Phi) is 3.87. The summed E-state index contributed by atoms with van der Waals surface area (Å²) in [6.07, 6.45) is 2.15. The van der Waals surface area contributed by atoms with Crippen molar-refractivity contribution in [2.75, 3.05) is 19.6 Å². The molecular weight excluding hydrogens is 354 g/mol. The third kappa shape index (κ3) is 2.35.